The van der Waals surface area contributed by atoms with E-state index in [0.29, 0.717) is 5.69 Å². The van der Waals surface area contributed by atoms with Gasteiger partial charge in [0.1, 0.15) is 6.04 Å². The van der Waals surface area contributed by atoms with Crippen molar-refractivity contribution in [3.63, 3.8) is 0 Å². The van der Waals surface area contributed by atoms with E-state index in [1.54, 1.807) is 12.1 Å². The molecule has 1 aromatic rings. The van der Waals surface area contributed by atoms with E-state index in [1.165, 1.54) is 6.92 Å². The molecule has 0 fully saturated rings. The standard InChI is InChI=1S/C11H15N3O2/c1-7-3-5-9(6-4-7)14-11(16)13-8(2)10(12)15/h3-6,8H,1-2H3,(H2,12,15)(H2,13,14,16). The van der Waals surface area contributed by atoms with Crippen LogP contribution < -0.4 is 16.4 Å². The smallest absolute Gasteiger partial charge is 0.319 e. The van der Waals surface area contributed by atoms with Gasteiger partial charge in [0.05, 0.1) is 0 Å². The van der Waals surface area contributed by atoms with Gasteiger partial charge in [-0.3, -0.25) is 4.79 Å². The Morgan fingerprint density at radius 3 is 2.31 bits per heavy atom. The number of urea groups is 1. The topological polar surface area (TPSA) is 84.2 Å². The van der Waals surface area contributed by atoms with Crippen LogP contribution in [0.15, 0.2) is 24.3 Å². The van der Waals surface area contributed by atoms with E-state index in [4.69, 9.17) is 5.73 Å². The minimum absolute atomic E-state index is 0.449. The van der Waals surface area contributed by atoms with E-state index in [-0.39, 0.29) is 0 Å². The van der Waals surface area contributed by atoms with Crippen molar-refractivity contribution in [1.82, 2.24) is 5.32 Å². The number of primary amides is 1. The fraction of sp³-hybridized carbons (Fsp3) is 0.273. The first-order valence-electron chi connectivity index (χ1n) is 4.92. The highest BCUT2D eigenvalue weighted by Crippen LogP contribution is 2.07. The fourth-order valence-electron chi connectivity index (χ4n) is 1.07. The van der Waals surface area contributed by atoms with E-state index in [0.717, 1.165) is 5.56 Å². The minimum atomic E-state index is -0.689. The number of anilines is 1. The molecule has 5 nitrogen and oxygen atoms in total. The van der Waals surface area contributed by atoms with Crippen LogP contribution in [0.5, 0.6) is 0 Å². The summed E-state index contributed by atoms with van der Waals surface area (Å²) in [5, 5.41) is 5.01. The minimum Gasteiger partial charge on any atom is -0.368 e. The molecule has 1 rings (SSSR count). The molecular formula is C11H15N3O2. The molecule has 3 amide bonds. The number of rotatable bonds is 3. The summed E-state index contributed by atoms with van der Waals surface area (Å²) in [4.78, 5) is 22.1. The normalized spacial score (nSPS) is 11.6. The maximum absolute atomic E-state index is 11.4. The molecule has 5 heteroatoms. The number of hydrogen-bond donors (Lipinski definition) is 3. The Hall–Kier alpha value is -2.04. The van der Waals surface area contributed by atoms with Crippen molar-refractivity contribution in [2.24, 2.45) is 5.73 Å². The van der Waals surface area contributed by atoms with Gasteiger partial charge in [0.15, 0.2) is 0 Å². The number of aryl methyl sites for hydroxylation is 1. The van der Waals surface area contributed by atoms with E-state index in [1.807, 2.05) is 19.1 Å². The molecule has 0 radical (unpaired) electrons. The maximum atomic E-state index is 11.4. The second-order valence-corrected chi connectivity index (χ2v) is 3.59. The Labute approximate surface area is 94.0 Å². The lowest BCUT2D eigenvalue weighted by Crippen LogP contribution is -2.44. The van der Waals surface area contributed by atoms with Crippen LogP contribution in [0.2, 0.25) is 0 Å². The first-order valence-corrected chi connectivity index (χ1v) is 4.92. The molecule has 86 valence electrons. The molecule has 0 heterocycles. The van der Waals surface area contributed by atoms with Gasteiger partial charge in [0.2, 0.25) is 5.91 Å². The molecule has 4 N–H and O–H groups in total. The zero-order chi connectivity index (χ0) is 12.1. The molecule has 0 bridgehead atoms. The zero-order valence-corrected chi connectivity index (χ0v) is 9.28. The van der Waals surface area contributed by atoms with Gasteiger partial charge in [0.25, 0.3) is 0 Å². The third-order valence-electron chi connectivity index (χ3n) is 2.08. The molecule has 0 spiro atoms. The summed E-state index contributed by atoms with van der Waals surface area (Å²) in [5.74, 6) is -0.570. The molecule has 0 aliphatic heterocycles. The molecule has 16 heavy (non-hydrogen) atoms. The van der Waals surface area contributed by atoms with Gasteiger partial charge in [-0.1, -0.05) is 17.7 Å². The number of hydrogen-bond acceptors (Lipinski definition) is 2. The summed E-state index contributed by atoms with van der Waals surface area (Å²) in [5.41, 5.74) is 6.79. The van der Waals surface area contributed by atoms with Gasteiger partial charge in [-0.25, -0.2) is 4.79 Å². The van der Waals surface area contributed by atoms with Crippen LogP contribution in [-0.4, -0.2) is 18.0 Å². The highest BCUT2D eigenvalue weighted by atomic mass is 16.2. The number of nitrogens with two attached hydrogens (primary N) is 1. The monoisotopic (exact) mass is 221 g/mol. The Balaban J connectivity index is 2.52. The quantitative estimate of drug-likeness (QED) is 0.711. The van der Waals surface area contributed by atoms with E-state index >= 15 is 0 Å². The van der Waals surface area contributed by atoms with Crippen LogP contribution in [0, 0.1) is 6.92 Å². The molecule has 1 unspecified atom stereocenters. The predicted molar refractivity (Wildman–Crippen MR) is 62.0 cm³/mol. The second-order valence-electron chi connectivity index (χ2n) is 3.59. The van der Waals surface area contributed by atoms with Crippen molar-refractivity contribution in [1.29, 1.82) is 0 Å². The number of benzene rings is 1. The second kappa shape index (κ2) is 5.16. The SMILES string of the molecule is Cc1ccc(NC(=O)NC(C)C(N)=O)cc1. The molecule has 0 aromatic heterocycles. The Morgan fingerprint density at radius 1 is 1.25 bits per heavy atom. The number of carbonyl (C=O) groups excluding carboxylic acids is 2. The van der Waals surface area contributed by atoms with E-state index in [9.17, 15) is 9.59 Å². The molecular weight excluding hydrogens is 206 g/mol. The molecule has 1 atom stereocenters. The van der Waals surface area contributed by atoms with Gasteiger partial charge in [-0.05, 0) is 26.0 Å². The first kappa shape index (κ1) is 12.0. The van der Waals surface area contributed by atoms with Crippen LogP contribution in [0.25, 0.3) is 0 Å². The van der Waals surface area contributed by atoms with Crippen molar-refractivity contribution in [2.45, 2.75) is 19.9 Å². The molecule has 0 aliphatic carbocycles. The van der Waals surface area contributed by atoms with Gasteiger partial charge >= 0.3 is 6.03 Å². The lowest BCUT2D eigenvalue weighted by atomic mass is 10.2. The first-order chi connectivity index (χ1) is 7.49. The highest BCUT2D eigenvalue weighted by Gasteiger charge is 2.11. The summed E-state index contributed by atoms with van der Waals surface area (Å²) in [6, 6.07) is 6.19. The Morgan fingerprint density at radius 2 is 1.81 bits per heavy atom. The van der Waals surface area contributed by atoms with Gasteiger partial charge in [0, 0.05) is 5.69 Å². The lowest BCUT2D eigenvalue weighted by Gasteiger charge is -2.11. The molecule has 1 aromatic carbocycles. The van der Waals surface area contributed by atoms with E-state index < -0.39 is 18.0 Å². The third-order valence-corrected chi connectivity index (χ3v) is 2.08. The molecule has 0 aliphatic rings. The van der Waals surface area contributed by atoms with Crippen molar-refractivity contribution >= 4 is 17.6 Å². The van der Waals surface area contributed by atoms with Crippen molar-refractivity contribution in [2.75, 3.05) is 5.32 Å². The lowest BCUT2D eigenvalue weighted by molar-refractivity contribution is -0.119. The molecule has 0 saturated carbocycles. The summed E-state index contributed by atoms with van der Waals surface area (Å²) in [6.45, 7) is 3.48. The van der Waals surface area contributed by atoms with Crippen molar-refractivity contribution in [3.05, 3.63) is 29.8 Å². The summed E-state index contributed by atoms with van der Waals surface area (Å²) in [7, 11) is 0. The number of amides is 3. The van der Waals surface area contributed by atoms with Gasteiger partial charge < -0.3 is 16.4 Å². The number of carbonyl (C=O) groups is 2. The van der Waals surface area contributed by atoms with Crippen LogP contribution in [0.3, 0.4) is 0 Å². The van der Waals surface area contributed by atoms with E-state index in [2.05, 4.69) is 10.6 Å². The van der Waals surface area contributed by atoms with Crippen LogP contribution in [-0.2, 0) is 4.79 Å². The fourth-order valence-corrected chi connectivity index (χ4v) is 1.07. The Bertz CT molecular complexity index is 387. The summed E-state index contributed by atoms with van der Waals surface area (Å²) < 4.78 is 0. The average molecular weight is 221 g/mol. The highest BCUT2D eigenvalue weighted by molar-refractivity contribution is 5.93. The molecule has 0 saturated heterocycles. The van der Waals surface area contributed by atoms with Crippen molar-refractivity contribution in [3.8, 4) is 0 Å². The van der Waals surface area contributed by atoms with Gasteiger partial charge in [-0.2, -0.15) is 0 Å². The van der Waals surface area contributed by atoms with Gasteiger partial charge in [-0.15, -0.1) is 0 Å². The van der Waals surface area contributed by atoms with Crippen LogP contribution in [0.4, 0.5) is 10.5 Å². The Kier molecular flexibility index (Phi) is 3.88. The predicted octanol–water partition coefficient (Wildman–Crippen LogP) is 0.990. The number of nitrogens with one attached hydrogen (secondary N) is 2. The third kappa shape index (κ3) is 3.61. The summed E-state index contributed by atoms with van der Waals surface area (Å²) >= 11 is 0. The summed E-state index contributed by atoms with van der Waals surface area (Å²) in [6.07, 6.45) is 0. The largest absolute Gasteiger partial charge is 0.368 e. The van der Waals surface area contributed by atoms with Crippen LogP contribution in [0.1, 0.15) is 12.5 Å². The maximum Gasteiger partial charge on any atom is 0.319 e. The van der Waals surface area contributed by atoms with Crippen LogP contribution >= 0.6 is 0 Å². The average Bonchev–Trinajstić information content (AvgIpc) is 2.21. The zero-order valence-electron chi connectivity index (χ0n) is 9.28. The van der Waals surface area contributed by atoms with Crippen molar-refractivity contribution < 1.29 is 9.59 Å².